The molecule has 0 aliphatic heterocycles. The van der Waals surface area contributed by atoms with Gasteiger partial charge in [-0.25, -0.2) is 0 Å². The van der Waals surface area contributed by atoms with Crippen molar-refractivity contribution in [1.29, 1.82) is 0 Å². The second-order valence-corrected chi connectivity index (χ2v) is 0.240. The van der Waals surface area contributed by atoms with Gasteiger partial charge in [-0.3, -0.25) is 0 Å². The van der Waals surface area contributed by atoms with Crippen LogP contribution in [0.4, 0.5) is 8.78 Å². The van der Waals surface area contributed by atoms with E-state index in [0.29, 0.717) is 0 Å². The summed E-state index contributed by atoms with van der Waals surface area (Å²) in [5.41, 5.74) is 0. The van der Waals surface area contributed by atoms with E-state index in [-0.39, 0.29) is 0 Å². The zero-order chi connectivity index (χ0) is 3.58. The van der Waals surface area contributed by atoms with Gasteiger partial charge >= 0.3 is 0 Å². The van der Waals surface area contributed by atoms with E-state index in [1.54, 1.807) is 0 Å². The molecule has 0 rings (SSSR count). The van der Waals surface area contributed by atoms with Crippen LogP contribution in [0.5, 0.6) is 0 Å². The SMILES string of the molecule is O[C-](F)F. The maximum absolute atomic E-state index is 9.81. The Morgan fingerprint density at radius 3 is 1.50 bits per heavy atom. The Bertz CT molecular complexity index is 10.8. The molecule has 0 amide bonds. The lowest BCUT2D eigenvalue weighted by Gasteiger charge is -1.91. The maximum Gasteiger partial charge on any atom is 0.115 e. The van der Waals surface area contributed by atoms with E-state index in [9.17, 15) is 8.78 Å². The average molecular weight is 67.0 g/mol. The van der Waals surface area contributed by atoms with Gasteiger partial charge in [0.05, 0.1) is 0 Å². The predicted molar refractivity (Wildman–Crippen MR) is 7.39 cm³/mol. The average Bonchev–Trinajstić information content (AvgIpc) is 0.811. The van der Waals surface area contributed by atoms with Gasteiger partial charge < -0.3 is 13.9 Å². The highest BCUT2D eigenvalue weighted by molar-refractivity contribution is 4.19. The monoisotopic (exact) mass is 67.0 g/mol. The largest absolute Gasteiger partial charge is 0.504 e. The van der Waals surface area contributed by atoms with Crippen molar-refractivity contribution >= 4 is 0 Å². The predicted octanol–water partition coefficient (Wildman–Crippen LogP) is 0.745. The molecule has 0 aromatic heterocycles. The summed E-state index contributed by atoms with van der Waals surface area (Å²) in [6.45, 7) is -2.58. The topological polar surface area (TPSA) is 20.2 Å². The molecule has 1 nitrogen and oxygen atoms in total. The molecule has 0 heterocycles. The lowest BCUT2D eigenvalue weighted by molar-refractivity contribution is 0.0538. The van der Waals surface area contributed by atoms with Gasteiger partial charge in [-0.2, -0.15) is 0 Å². The van der Waals surface area contributed by atoms with E-state index in [1.165, 1.54) is 0 Å². The zero-order valence-electron chi connectivity index (χ0n) is 1.70. The summed E-state index contributed by atoms with van der Waals surface area (Å²) in [5.74, 6) is 0. The fourth-order valence-electron chi connectivity index (χ4n) is 0. The number of halogens is 2. The summed E-state index contributed by atoms with van der Waals surface area (Å²) < 4.78 is 19.6. The van der Waals surface area contributed by atoms with E-state index in [4.69, 9.17) is 5.11 Å². The molecule has 0 aromatic carbocycles. The maximum atomic E-state index is 9.81. The van der Waals surface area contributed by atoms with Gasteiger partial charge in [0.25, 0.3) is 0 Å². The molecule has 3 heteroatoms. The highest BCUT2D eigenvalue weighted by Crippen LogP contribution is 1.90. The van der Waals surface area contributed by atoms with Crippen molar-refractivity contribution < 1.29 is 13.9 Å². The number of aliphatic hydroxyl groups is 1. The minimum absolute atomic E-state index is 2.58. The van der Waals surface area contributed by atoms with Crippen LogP contribution in [-0.2, 0) is 0 Å². The van der Waals surface area contributed by atoms with Gasteiger partial charge in [0.2, 0.25) is 0 Å². The first kappa shape index (κ1) is 3.82. The lowest BCUT2D eigenvalue weighted by atomic mass is 11.5. The van der Waals surface area contributed by atoms with E-state index in [0.717, 1.165) is 0 Å². The molecule has 0 aromatic rings. The summed E-state index contributed by atoms with van der Waals surface area (Å²) in [6.07, 6.45) is 0. The molecule has 0 aliphatic carbocycles. The summed E-state index contributed by atoms with van der Waals surface area (Å²) in [5, 5.41) is 6.64. The van der Waals surface area contributed by atoms with Crippen LogP contribution in [0.15, 0.2) is 0 Å². The molecule has 0 saturated heterocycles. The molecule has 1 N–H and O–H groups in total. The molecule has 0 radical (unpaired) electrons. The highest BCUT2D eigenvalue weighted by atomic mass is 19.3. The third-order valence-electron chi connectivity index (χ3n) is 0. The Balaban J connectivity index is 2.32. The molecule has 0 fully saturated rings. The molecule has 0 spiro atoms. The van der Waals surface area contributed by atoms with Gasteiger partial charge in [0.1, 0.15) is 6.61 Å². The molecule has 26 valence electrons. The van der Waals surface area contributed by atoms with Crippen molar-refractivity contribution in [3.8, 4) is 0 Å². The molecular formula is CHF2O-. The van der Waals surface area contributed by atoms with Crippen LogP contribution in [0.1, 0.15) is 0 Å². The van der Waals surface area contributed by atoms with Crippen molar-refractivity contribution in [3.05, 3.63) is 6.61 Å². The minimum Gasteiger partial charge on any atom is -0.504 e. The van der Waals surface area contributed by atoms with Gasteiger partial charge in [0.15, 0.2) is 0 Å². The van der Waals surface area contributed by atoms with E-state index in [2.05, 4.69) is 0 Å². The Morgan fingerprint density at radius 2 is 1.50 bits per heavy atom. The van der Waals surface area contributed by atoms with Crippen molar-refractivity contribution in [2.24, 2.45) is 0 Å². The Kier molecular flexibility index (Phi) is 1.12. The van der Waals surface area contributed by atoms with Crippen molar-refractivity contribution in [2.75, 3.05) is 0 Å². The van der Waals surface area contributed by atoms with Gasteiger partial charge in [0, 0.05) is 0 Å². The van der Waals surface area contributed by atoms with E-state index in [1.807, 2.05) is 0 Å². The Hall–Kier alpha value is -0.180. The van der Waals surface area contributed by atoms with E-state index < -0.39 is 6.61 Å². The molecule has 4 heavy (non-hydrogen) atoms. The fourth-order valence-corrected chi connectivity index (χ4v) is 0. The normalized spacial score (nSPS) is 9.00. The van der Waals surface area contributed by atoms with E-state index >= 15 is 0 Å². The second kappa shape index (κ2) is 1.17. The molecule has 0 aliphatic rings. The number of aliphatic hydroxyl groups excluding tert-OH is 1. The van der Waals surface area contributed by atoms with Crippen LogP contribution < -0.4 is 0 Å². The third kappa shape index (κ3) is 37.8. The molecule has 0 bridgehead atoms. The van der Waals surface area contributed by atoms with Crippen LogP contribution >= 0.6 is 0 Å². The second-order valence-electron chi connectivity index (χ2n) is 0.240. The van der Waals surface area contributed by atoms with Gasteiger partial charge in [-0.15, -0.1) is 0 Å². The van der Waals surface area contributed by atoms with Crippen molar-refractivity contribution in [1.82, 2.24) is 0 Å². The Morgan fingerprint density at radius 1 is 1.50 bits per heavy atom. The van der Waals surface area contributed by atoms with Crippen LogP contribution in [0.2, 0.25) is 0 Å². The van der Waals surface area contributed by atoms with Crippen LogP contribution in [0.25, 0.3) is 0 Å². The van der Waals surface area contributed by atoms with Gasteiger partial charge in [-0.1, -0.05) is 0 Å². The molecule has 0 atom stereocenters. The standard InChI is InChI=1S/CHF2O/c2-1(3)4/h4H/q-1. The molecule has 0 saturated carbocycles. The number of hydrogen-bond acceptors (Lipinski definition) is 1. The first-order valence-corrected chi connectivity index (χ1v) is 0.602. The summed E-state index contributed by atoms with van der Waals surface area (Å²) in [6, 6.07) is 0. The third-order valence-corrected chi connectivity index (χ3v) is 0. The highest BCUT2D eigenvalue weighted by Gasteiger charge is 1.60. The summed E-state index contributed by atoms with van der Waals surface area (Å²) >= 11 is 0. The molecule has 0 unspecified atom stereocenters. The van der Waals surface area contributed by atoms with Crippen molar-refractivity contribution in [3.63, 3.8) is 0 Å². The smallest absolute Gasteiger partial charge is 0.115 e. The summed E-state index contributed by atoms with van der Waals surface area (Å²) in [7, 11) is 0. The zero-order valence-corrected chi connectivity index (χ0v) is 1.70. The molecular weight excluding hydrogens is 66.0 g/mol. The van der Waals surface area contributed by atoms with Crippen LogP contribution in [0.3, 0.4) is 0 Å². The fraction of sp³-hybridized carbons (Fsp3) is 0. The summed E-state index contributed by atoms with van der Waals surface area (Å²) in [4.78, 5) is 0. The minimum atomic E-state index is -2.58. The van der Waals surface area contributed by atoms with Gasteiger partial charge in [-0.05, 0) is 0 Å². The number of rotatable bonds is 0. The first-order valence-electron chi connectivity index (χ1n) is 0.602. The van der Waals surface area contributed by atoms with Crippen LogP contribution in [0, 0.1) is 6.61 Å². The lowest BCUT2D eigenvalue weighted by Crippen LogP contribution is -1.63. The number of hydrogen-bond donors (Lipinski definition) is 1. The quantitative estimate of drug-likeness (QED) is 0.414. The van der Waals surface area contributed by atoms with Crippen LogP contribution in [-0.4, -0.2) is 5.11 Å². The Labute approximate surface area is 21.9 Å². The van der Waals surface area contributed by atoms with Crippen molar-refractivity contribution in [2.45, 2.75) is 0 Å². The first-order chi connectivity index (χ1) is 1.73.